The summed E-state index contributed by atoms with van der Waals surface area (Å²) in [6, 6.07) is 43.5. The van der Waals surface area contributed by atoms with E-state index in [2.05, 4.69) is 74.6 Å². The van der Waals surface area contributed by atoms with Crippen molar-refractivity contribution in [3.05, 3.63) is 139 Å². The topological polar surface area (TPSA) is 64.4 Å². The van der Waals surface area contributed by atoms with Gasteiger partial charge >= 0.3 is 8.32 Å². The van der Waals surface area contributed by atoms with Crippen LogP contribution >= 0.6 is 0 Å². The molecule has 0 unspecified atom stereocenters. The molecule has 1 amide bonds. The molecule has 0 saturated heterocycles. The summed E-state index contributed by atoms with van der Waals surface area (Å²) >= 11 is 0. The van der Waals surface area contributed by atoms with Gasteiger partial charge in [0.25, 0.3) is 5.91 Å². The summed E-state index contributed by atoms with van der Waals surface area (Å²) in [4.78, 5) is 17.9. The van der Waals surface area contributed by atoms with E-state index >= 15 is 0 Å². The fourth-order valence-electron chi connectivity index (χ4n) is 5.46. The van der Waals surface area contributed by atoms with Crippen LogP contribution in [0, 0.1) is 0 Å². The molecule has 0 bridgehead atoms. The molecule has 1 aromatic heterocycles. The van der Waals surface area contributed by atoms with Crippen molar-refractivity contribution in [2.75, 3.05) is 5.32 Å². The smallest absolute Gasteiger partial charge is 0.319 e. The number of amides is 1. The van der Waals surface area contributed by atoms with Crippen LogP contribution in [0.5, 0.6) is 5.75 Å². The van der Waals surface area contributed by atoms with E-state index in [-0.39, 0.29) is 10.9 Å². The van der Waals surface area contributed by atoms with Gasteiger partial charge in [-0.15, -0.1) is 0 Å². The molecule has 0 saturated carbocycles. The lowest BCUT2D eigenvalue weighted by Gasteiger charge is -2.43. The Morgan fingerprint density at radius 2 is 1.31 bits per heavy atom. The van der Waals surface area contributed by atoms with E-state index < -0.39 is 8.32 Å². The Morgan fingerprint density at radius 1 is 0.738 bits per heavy atom. The van der Waals surface area contributed by atoms with Crippen LogP contribution in [0.25, 0.3) is 22.6 Å². The second-order valence-corrected chi connectivity index (χ2v) is 15.5. The number of carbonyl (C=O) groups excluding carboxylic acids is 1. The predicted molar refractivity (Wildman–Crippen MR) is 172 cm³/mol. The predicted octanol–water partition coefficient (Wildman–Crippen LogP) is 7.69. The molecule has 0 aliphatic heterocycles. The Labute approximate surface area is 247 Å². The minimum Gasteiger partial charge on any atom is -0.533 e. The maximum atomic E-state index is 13.1. The number of anilines is 1. The normalized spacial score (nSPS) is 11.8. The molecule has 5 nitrogen and oxygen atoms in total. The number of fused-ring (bicyclic) bond motifs is 1. The fraction of sp³-hybridized carbons (Fsp3) is 0.111. The average Bonchev–Trinajstić information content (AvgIpc) is 3.45. The lowest BCUT2D eigenvalue weighted by Crippen LogP contribution is -2.68. The number of carbonyl (C=O) groups is 1. The Kier molecular flexibility index (Phi) is 7.23. The number of benzene rings is 5. The van der Waals surface area contributed by atoms with Crippen molar-refractivity contribution >= 4 is 41.4 Å². The quantitative estimate of drug-likeness (QED) is 0.201. The van der Waals surface area contributed by atoms with Gasteiger partial charge in [-0.05, 0) is 51.8 Å². The summed E-state index contributed by atoms with van der Waals surface area (Å²) in [7, 11) is -3.00. The van der Waals surface area contributed by atoms with Crippen molar-refractivity contribution < 1.29 is 13.6 Å². The zero-order valence-electron chi connectivity index (χ0n) is 23.9. The molecule has 6 rings (SSSR count). The van der Waals surface area contributed by atoms with Gasteiger partial charge in [-0.1, -0.05) is 112 Å². The van der Waals surface area contributed by atoms with Crippen LogP contribution < -0.4 is 20.1 Å². The fourth-order valence-corrected chi connectivity index (χ4v) is 9.89. The van der Waals surface area contributed by atoms with Gasteiger partial charge in [0, 0.05) is 17.3 Å². The van der Waals surface area contributed by atoms with Crippen LogP contribution in [0.4, 0.5) is 5.69 Å². The highest BCUT2D eigenvalue weighted by atomic mass is 28.4. The maximum Gasteiger partial charge on any atom is 0.319 e. The molecule has 0 fully saturated rings. The third-order valence-electron chi connectivity index (χ3n) is 7.48. The minimum absolute atomic E-state index is 0.193. The summed E-state index contributed by atoms with van der Waals surface area (Å²) in [5.74, 6) is 0.869. The number of hydrogen-bond acceptors (Lipinski definition) is 4. The first-order chi connectivity index (χ1) is 20.3. The summed E-state index contributed by atoms with van der Waals surface area (Å²) in [5.41, 5.74) is 3.39. The second-order valence-electron chi connectivity index (χ2n) is 11.3. The van der Waals surface area contributed by atoms with Crippen molar-refractivity contribution in [2.24, 2.45) is 0 Å². The van der Waals surface area contributed by atoms with Gasteiger partial charge in [-0.25, -0.2) is 4.98 Å². The number of nitrogens with zero attached hydrogens (tertiary/aromatic N) is 1. The van der Waals surface area contributed by atoms with Crippen LogP contribution in [0.15, 0.2) is 138 Å². The number of rotatable bonds is 7. The van der Waals surface area contributed by atoms with Gasteiger partial charge < -0.3 is 14.2 Å². The molecule has 0 radical (unpaired) electrons. The molecule has 0 aliphatic rings. The highest BCUT2D eigenvalue weighted by molar-refractivity contribution is 7.00. The van der Waals surface area contributed by atoms with E-state index in [1.807, 2.05) is 72.8 Å². The Balaban J connectivity index is 1.54. The van der Waals surface area contributed by atoms with Crippen LogP contribution in [-0.2, 0) is 0 Å². The SMILES string of the molecule is CC(C)(C)[Si](Oc1cc(NC(=O)c2ccccc2)ccc1-c1nc2ccccc2o1)(c1ccccc1)c1ccccc1. The molecule has 0 aliphatic carbocycles. The third-order valence-corrected chi connectivity index (χ3v) is 12.4. The number of oxazole rings is 1. The van der Waals surface area contributed by atoms with E-state index in [1.165, 1.54) is 0 Å². The monoisotopic (exact) mass is 568 g/mol. The van der Waals surface area contributed by atoms with Gasteiger partial charge in [0.2, 0.25) is 5.89 Å². The minimum atomic E-state index is -3.00. The van der Waals surface area contributed by atoms with Crippen molar-refractivity contribution in [3.8, 4) is 17.2 Å². The zero-order valence-corrected chi connectivity index (χ0v) is 24.9. The largest absolute Gasteiger partial charge is 0.533 e. The van der Waals surface area contributed by atoms with Crippen molar-refractivity contribution in [2.45, 2.75) is 25.8 Å². The van der Waals surface area contributed by atoms with Crippen molar-refractivity contribution in [1.29, 1.82) is 0 Å². The number of aromatic nitrogens is 1. The second kappa shape index (κ2) is 11.1. The first-order valence-corrected chi connectivity index (χ1v) is 15.9. The summed E-state index contributed by atoms with van der Waals surface area (Å²) in [5, 5.41) is 5.08. The summed E-state index contributed by atoms with van der Waals surface area (Å²) in [6.07, 6.45) is 0. The van der Waals surface area contributed by atoms with Crippen molar-refractivity contribution in [3.63, 3.8) is 0 Å². The van der Waals surface area contributed by atoms with Gasteiger partial charge in [-0.3, -0.25) is 4.79 Å². The van der Waals surface area contributed by atoms with E-state index in [4.69, 9.17) is 13.8 Å². The first-order valence-electron chi connectivity index (χ1n) is 14.0. The summed E-state index contributed by atoms with van der Waals surface area (Å²) in [6.45, 7) is 6.71. The lowest BCUT2D eigenvalue weighted by atomic mass is 10.1. The molecule has 0 spiro atoms. The first kappa shape index (κ1) is 27.2. The van der Waals surface area contributed by atoms with Crippen LogP contribution in [0.3, 0.4) is 0 Å². The maximum absolute atomic E-state index is 13.1. The highest BCUT2D eigenvalue weighted by Gasteiger charge is 2.52. The summed E-state index contributed by atoms with van der Waals surface area (Å²) < 4.78 is 13.7. The average molecular weight is 569 g/mol. The van der Waals surface area contributed by atoms with Crippen molar-refractivity contribution in [1.82, 2.24) is 4.98 Å². The Morgan fingerprint density at radius 3 is 1.90 bits per heavy atom. The van der Waals surface area contributed by atoms with Crippen LogP contribution in [-0.4, -0.2) is 19.2 Å². The van der Waals surface area contributed by atoms with E-state index in [1.54, 1.807) is 12.1 Å². The number of nitrogens with one attached hydrogen (secondary N) is 1. The van der Waals surface area contributed by atoms with Gasteiger partial charge in [0.05, 0.1) is 5.56 Å². The molecule has 1 N–H and O–H groups in total. The molecule has 5 aromatic carbocycles. The van der Waals surface area contributed by atoms with Crippen LogP contribution in [0.1, 0.15) is 31.1 Å². The molecule has 208 valence electrons. The zero-order chi connectivity index (χ0) is 29.2. The van der Waals surface area contributed by atoms with E-state index in [0.29, 0.717) is 28.5 Å². The molecule has 6 aromatic rings. The number of hydrogen-bond donors (Lipinski definition) is 1. The molecule has 6 heteroatoms. The molecule has 42 heavy (non-hydrogen) atoms. The van der Waals surface area contributed by atoms with Gasteiger partial charge in [0.15, 0.2) is 5.58 Å². The van der Waals surface area contributed by atoms with Crippen LogP contribution in [0.2, 0.25) is 5.04 Å². The van der Waals surface area contributed by atoms with Gasteiger partial charge in [0.1, 0.15) is 11.3 Å². The van der Waals surface area contributed by atoms with E-state index in [9.17, 15) is 4.79 Å². The Hall–Kier alpha value is -4.94. The molecule has 1 heterocycles. The third kappa shape index (κ3) is 5.13. The number of para-hydroxylation sites is 2. The standard InChI is InChI=1S/C36H32N2O3Si/c1-36(2,3)42(28-17-9-5-10-18-28,29-19-11-6-12-20-29)41-33-25-27(37-34(39)26-15-7-4-8-16-26)23-24-30(33)35-38-31-21-13-14-22-32(31)40-35/h4-25H,1-3H3,(H,37,39). The molecular weight excluding hydrogens is 536 g/mol. The van der Waals surface area contributed by atoms with Gasteiger partial charge in [-0.2, -0.15) is 0 Å². The highest BCUT2D eigenvalue weighted by Crippen LogP contribution is 2.41. The molecule has 0 atom stereocenters. The molecular formula is C36H32N2O3Si. The Bertz CT molecular complexity index is 1760. The van der Waals surface area contributed by atoms with E-state index in [0.717, 1.165) is 21.5 Å². The lowest BCUT2D eigenvalue weighted by molar-refractivity contribution is 0.102.